The molecule has 0 radical (unpaired) electrons. The molecule has 1 fully saturated rings. The van der Waals surface area contributed by atoms with Gasteiger partial charge in [-0.05, 0) is 38.9 Å². The average molecular weight is 246 g/mol. The van der Waals surface area contributed by atoms with E-state index in [1.165, 1.54) is 19.0 Å². The van der Waals surface area contributed by atoms with Crippen molar-refractivity contribution in [3.63, 3.8) is 0 Å². The van der Waals surface area contributed by atoms with Gasteiger partial charge in [-0.15, -0.1) is 0 Å². The van der Waals surface area contributed by atoms with Crippen LogP contribution >= 0.6 is 0 Å². The van der Waals surface area contributed by atoms with Gasteiger partial charge in [-0.2, -0.15) is 5.26 Å². The minimum Gasteiger partial charge on any atom is -0.477 e. The third-order valence-electron chi connectivity index (χ3n) is 3.35. The summed E-state index contributed by atoms with van der Waals surface area (Å²) in [4.78, 5) is 6.40. The standard InChI is InChI=1S/C13H18N4O/c1-17-5-2-3-12(17)4-6-18-13-10(8-14)7-11(15)9-16-13/h7,9,12H,2-6,15H2,1H3. The SMILES string of the molecule is CN1CCCC1CCOc1ncc(N)cc1C#N. The minimum atomic E-state index is 0.382. The lowest BCUT2D eigenvalue weighted by Crippen LogP contribution is -2.26. The molecule has 5 nitrogen and oxygen atoms in total. The van der Waals surface area contributed by atoms with E-state index in [0.29, 0.717) is 29.8 Å². The van der Waals surface area contributed by atoms with Gasteiger partial charge in [-0.1, -0.05) is 0 Å². The van der Waals surface area contributed by atoms with Crippen LogP contribution in [0.15, 0.2) is 12.3 Å². The maximum atomic E-state index is 8.96. The van der Waals surface area contributed by atoms with Gasteiger partial charge in [0.1, 0.15) is 11.6 Å². The molecule has 1 aromatic heterocycles. The second-order valence-electron chi connectivity index (χ2n) is 4.65. The number of nitriles is 1. The van der Waals surface area contributed by atoms with E-state index in [4.69, 9.17) is 15.7 Å². The van der Waals surface area contributed by atoms with Crippen LogP contribution < -0.4 is 10.5 Å². The molecule has 1 aromatic rings. The molecule has 0 spiro atoms. The van der Waals surface area contributed by atoms with Gasteiger partial charge in [0.05, 0.1) is 18.5 Å². The van der Waals surface area contributed by atoms with Gasteiger partial charge in [0.15, 0.2) is 0 Å². The molecule has 1 saturated heterocycles. The molecule has 1 aliphatic rings. The molecule has 1 unspecified atom stereocenters. The van der Waals surface area contributed by atoms with Crippen molar-refractivity contribution in [2.45, 2.75) is 25.3 Å². The molecule has 18 heavy (non-hydrogen) atoms. The highest BCUT2D eigenvalue weighted by Gasteiger charge is 2.20. The zero-order valence-electron chi connectivity index (χ0n) is 10.6. The first-order valence-corrected chi connectivity index (χ1v) is 6.19. The zero-order chi connectivity index (χ0) is 13.0. The van der Waals surface area contributed by atoms with Crippen molar-refractivity contribution >= 4 is 5.69 Å². The number of nitrogens with two attached hydrogens (primary N) is 1. The van der Waals surface area contributed by atoms with Gasteiger partial charge in [-0.3, -0.25) is 0 Å². The maximum Gasteiger partial charge on any atom is 0.231 e. The summed E-state index contributed by atoms with van der Waals surface area (Å²) in [7, 11) is 2.14. The largest absolute Gasteiger partial charge is 0.477 e. The number of anilines is 1. The fourth-order valence-corrected chi connectivity index (χ4v) is 2.30. The molecule has 0 amide bonds. The van der Waals surface area contributed by atoms with Gasteiger partial charge in [0, 0.05) is 6.04 Å². The Bertz CT molecular complexity index is 455. The van der Waals surface area contributed by atoms with Gasteiger partial charge >= 0.3 is 0 Å². The van der Waals surface area contributed by atoms with Gasteiger partial charge < -0.3 is 15.4 Å². The second kappa shape index (κ2) is 5.69. The predicted octanol–water partition coefficient (Wildman–Crippen LogP) is 1.40. The fraction of sp³-hybridized carbons (Fsp3) is 0.538. The van der Waals surface area contributed by atoms with Gasteiger partial charge in [0.25, 0.3) is 0 Å². The summed E-state index contributed by atoms with van der Waals surface area (Å²) in [6.07, 6.45) is 4.95. The van der Waals surface area contributed by atoms with Crippen LogP contribution in [0.1, 0.15) is 24.8 Å². The summed E-state index contributed by atoms with van der Waals surface area (Å²) in [5.74, 6) is 0.382. The molecule has 0 aromatic carbocycles. The number of likely N-dealkylation sites (tertiary alicyclic amines) is 1. The molecular weight excluding hydrogens is 228 g/mol. The van der Waals surface area contributed by atoms with E-state index in [9.17, 15) is 0 Å². The van der Waals surface area contributed by atoms with Crippen molar-refractivity contribution in [2.24, 2.45) is 0 Å². The highest BCUT2D eigenvalue weighted by Crippen LogP contribution is 2.20. The predicted molar refractivity (Wildman–Crippen MR) is 69.1 cm³/mol. The van der Waals surface area contributed by atoms with Crippen molar-refractivity contribution in [1.82, 2.24) is 9.88 Å². The second-order valence-corrected chi connectivity index (χ2v) is 4.65. The lowest BCUT2D eigenvalue weighted by molar-refractivity contribution is 0.228. The summed E-state index contributed by atoms with van der Waals surface area (Å²) in [6.45, 7) is 1.74. The highest BCUT2D eigenvalue weighted by atomic mass is 16.5. The van der Waals surface area contributed by atoms with Crippen LogP contribution in [0.5, 0.6) is 5.88 Å². The van der Waals surface area contributed by atoms with Crippen LogP contribution in [0.2, 0.25) is 0 Å². The van der Waals surface area contributed by atoms with Crippen LogP contribution in [0.3, 0.4) is 0 Å². The smallest absolute Gasteiger partial charge is 0.231 e. The number of aromatic nitrogens is 1. The lowest BCUT2D eigenvalue weighted by Gasteiger charge is -2.19. The number of rotatable bonds is 4. The number of hydrogen-bond donors (Lipinski definition) is 1. The highest BCUT2D eigenvalue weighted by molar-refractivity contribution is 5.48. The van der Waals surface area contributed by atoms with Crippen LogP contribution in [0, 0.1) is 11.3 Å². The summed E-state index contributed by atoms with van der Waals surface area (Å²) >= 11 is 0. The van der Waals surface area contributed by atoms with Crippen molar-refractivity contribution in [3.8, 4) is 11.9 Å². The summed E-state index contributed by atoms with van der Waals surface area (Å²) < 4.78 is 5.58. The average Bonchev–Trinajstić information content (AvgIpc) is 2.77. The molecular formula is C13H18N4O. The lowest BCUT2D eigenvalue weighted by atomic mass is 10.1. The van der Waals surface area contributed by atoms with E-state index >= 15 is 0 Å². The van der Waals surface area contributed by atoms with Crippen LogP contribution in [0.25, 0.3) is 0 Å². The van der Waals surface area contributed by atoms with Crippen molar-refractivity contribution < 1.29 is 4.74 Å². The van der Waals surface area contributed by atoms with Crippen LogP contribution in [0.4, 0.5) is 5.69 Å². The van der Waals surface area contributed by atoms with E-state index in [2.05, 4.69) is 16.9 Å². The Balaban J connectivity index is 1.88. The van der Waals surface area contributed by atoms with Crippen molar-refractivity contribution in [1.29, 1.82) is 5.26 Å². The van der Waals surface area contributed by atoms with Crippen LogP contribution in [-0.4, -0.2) is 36.1 Å². The number of nitrogens with zero attached hydrogens (tertiary/aromatic N) is 3. The van der Waals surface area contributed by atoms with E-state index in [0.717, 1.165) is 13.0 Å². The van der Waals surface area contributed by atoms with E-state index in [1.54, 1.807) is 6.07 Å². The van der Waals surface area contributed by atoms with Crippen molar-refractivity contribution in [2.75, 3.05) is 25.9 Å². The Kier molecular flexibility index (Phi) is 4.00. The Labute approximate surface area is 107 Å². The molecule has 5 heteroatoms. The molecule has 0 bridgehead atoms. The zero-order valence-corrected chi connectivity index (χ0v) is 10.6. The third kappa shape index (κ3) is 2.90. The maximum absolute atomic E-state index is 8.96. The van der Waals surface area contributed by atoms with Gasteiger partial charge in [-0.25, -0.2) is 4.98 Å². The quantitative estimate of drug-likeness (QED) is 0.869. The molecule has 96 valence electrons. The monoisotopic (exact) mass is 246 g/mol. The summed E-state index contributed by atoms with van der Waals surface area (Å²) in [6, 6.07) is 4.22. The molecule has 2 heterocycles. The van der Waals surface area contributed by atoms with Crippen molar-refractivity contribution in [3.05, 3.63) is 17.8 Å². The molecule has 0 aliphatic carbocycles. The number of hydrogen-bond acceptors (Lipinski definition) is 5. The van der Waals surface area contributed by atoms with E-state index in [1.807, 2.05) is 6.07 Å². The fourth-order valence-electron chi connectivity index (χ4n) is 2.30. The molecule has 1 atom stereocenters. The Morgan fingerprint density at radius 3 is 3.17 bits per heavy atom. The molecule has 1 aliphatic heterocycles. The normalized spacial score (nSPS) is 19.7. The molecule has 0 saturated carbocycles. The minimum absolute atomic E-state index is 0.382. The third-order valence-corrected chi connectivity index (χ3v) is 3.35. The first-order valence-electron chi connectivity index (χ1n) is 6.19. The number of ether oxygens (including phenoxy) is 1. The Morgan fingerprint density at radius 2 is 2.50 bits per heavy atom. The number of nitrogen functional groups attached to an aromatic ring is 1. The Morgan fingerprint density at radius 1 is 1.67 bits per heavy atom. The molecule has 2 N–H and O–H groups in total. The van der Waals surface area contributed by atoms with Gasteiger partial charge in [0.2, 0.25) is 5.88 Å². The summed E-state index contributed by atoms with van der Waals surface area (Å²) in [5.41, 5.74) is 6.45. The number of pyridine rings is 1. The first kappa shape index (κ1) is 12.7. The van der Waals surface area contributed by atoms with E-state index in [-0.39, 0.29) is 0 Å². The first-order chi connectivity index (χ1) is 8.70. The molecule has 2 rings (SSSR count). The van der Waals surface area contributed by atoms with Crippen LogP contribution in [-0.2, 0) is 0 Å². The summed E-state index contributed by atoms with van der Waals surface area (Å²) in [5, 5.41) is 8.96. The Hall–Kier alpha value is -1.80. The topological polar surface area (TPSA) is 75.2 Å². The van der Waals surface area contributed by atoms with E-state index < -0.39 is 0 Å².